The molecule has 18 heavy (non-hydrogen) atoms. The van der Waals surface area contributed by atoms with Crippen LogP contribution >= 0.6 is 0 Å². The lowest BCUT2D eigenvalue weighted by Gasteiger charge is -2.23. The highest BCUT2D eigenvalue weighted by atomic mass is 16.6. The van der Waals surface area contributed by atoms with Crippen LogP contribution < -0.4 is 4.74 Å². The SMILES string of the molecule is CCn1cc(OCC2CCC3(CCCC3)O2)cn1. The molecule has 1 aromatic heterocycles. The summed E-state index contributed by atoms with van der Waals surface area (Å²) in [5, 5.41) is 4.20. The van der Waals surface area contributed by atoms with Gasteiger partial charge in [-0.15, -0.1) is 0 Å². The van der Waals surface area contributed by atoms with Crippen molar-refractivity contribution in [1.29, 1.82) is 0 Å². The van der Waals surface area contributed by atoms with Gasteiger partial charge in [-0.25, -0.2) is 0 Å². The predicted molar refractivity (Wildman–Crippen MR) is 68.7 cm³/mol. The molecule has 0 N–H and O–H groups in total. The summed E-state index contributed by atoms with van der Waals surface area (Å²) in [5.74, 6) is 0.854. The van der Waals surface area contributed by atoms with Gasteiger partial charge in [0, 0.05) is 6.54 Å². The van der Waals surface area contributed by atoms with Gasteiger partial charge in [-0.2, -0.15) is 5.10 Å². The van der Waals surface area contributed by atoms with Gasteiger partial charge in [0.05, 0.1) is 24.1 Å². The lowest BCUT2D eigenvalue weighted by atomic mass is 9.98. The van der Waals surface area contributed by atoms with E-state index in [1.54, 1.807) is 6.20 Å². The van der Waals surface area contributed by atoms with E-state index in [1.807, 2.05) is 10.9 Å². The molecule has 0 bridgehead atoms. The van der Waals surface area contributed by atoms with E-state index < -0.39 is 0 Å². The number of ether oxygens (including phenoxy) is 2. The minimum Gasteiger partial charge on any atom is -0.488 e. The van der Waals surface area contributed by atoms with Gasteiger partial charge in [-0.05, 0) is 32.6 Å². The first-order chi connectivity index (χ1) is 8.80. The van der Waals surface area contributed by atoms with E-state index in [1.165, 1.54) is 32.1 Å². The van der Waals surface area contributed by atoms with Crippen molar-refractivity contribution in [2.45, 2.75) is 63.7 Å². The molecule has 2 heterocycles. The van der Waals surface area contributed by atoms with Crippen LogP contribution in [0.3, 0.4) is 0 Å². The van der Waals surface area contributed by atoms with E-state index >= 15 is 0 Å². The Kier molecular flexibility index (Phi) is 3.29. The van der Waals surface area contributed by atoms with Crippen molar-refractivity contribution in [3.05, 3.63) is 12.4 Å². The second-order valence-corrected chi connectivity index (χ2v) is 5.51. The number of nitrogens with zero attached hydrogens (tertiary/aromatic N) is 2. The highest BCUT2D eigenvalue weighted by Gasteiger charge is 2.42. The second kappa shape index (κ2) is 4.92. The van der Waals surface area contributed by atoms with Crippen LogP contribution in [0.15, 0.2) is 12.4 Å². The number of aryl methyl sites for hydroxylation is 1. The quantitative estimate of drug-likeness (QED) is 0.824. The number of rotatable bonds is 4. The monoisotopic (exact) mass is 250 g/mol. The third kappa shape index (κ3) is 2.39. The van der Waals surface area contributed by atoms with Crippen LogP contribution in [0.25, 0.3) is 0 Å². The zero-order valence-electron chi connectivity index (χ0n) is 11.1. The van der Waals surface area contributed by atoms with Crippen molar-refractivity contribution < 1.29 is 9.47 Å². The highest BCUT2D eigenvalue weighted by molar-refractivity contribution is 5.11. The first kappa shape index (κ1) is 12.0. The summed E-state index contributed by atoms with van der Waals surface area (Å²) < 4.78 is 13.9. The molecule has 1 aromatic rings. The van der Waals surface area contributed by atoms with Gasteiger partial charge in [0.15, 0.2) is 5.75 Å². The van der Waals surface area contributed by atoms with E-state index in [2.05, 4.69) is 12.0 Å². The Labute approximate surface area is 108 Å². The van der Waals surface area contributed by atoms with Crippen LogP contribution in [0.4, 0.5) is 0 Å². The molecule has 1 spiro atoms. The summed E-state index contributed by atoms with van der Waals surface area (Å²) >= 11 is 0. The predicted octanol–water partition coefficient (Wildman–Crippen LogP) is 2.77. The first-order valence-electron chi connectivity index (χ1n) is 7.13. The summed E-state index contributed by atoms with van der Waals surface area (Å²) in [6, 6.07) is 0. The van der Waals surface area contributed by atoms with Crippen LogP contribution in [0.5, 0.6) is 5.75 Å². The van der Waals surface area contributed by atoms with Crippen LogP contribution in [-0.2, 0) is 11.3 Å². The van der Waals surface area contributed by atoms with Crippen molar-refractivity contribution >= 4 is 0 Å². The molecule has 2 aliphatic rings. The third-order valence-corrected chi connectivity index (χ3v) is 4.22. The minimum absolute atomic E-state index is 0.210. The van der Waals surface area contributed by atoms with Gasteiger partial charge in [-0.1, -0.05) is 12.8 Å². The average molecular weight is 250 g/mol. The van der Waals surface area contributed by atoms with Gasteiger partial charge in [0.1, 0.15) is 6.61 Å². The average Bonchev–Trinajstić information content (AvgIpc) is 3.10. The summed E-state index contributed by atoms with van der Waals surface area (Å²) in [4.78, 5) is 0. The molecular weight excluding hydrogens is 228 g/mol. The summed E-state index contributed by atoms with van der Waals surface area (Å²) in [7, 11) is 0. The number of hydrogen-bond donors (Lipinski definition) is 0. The molecule has 4 nitrogen and oxygen atoms in total. The largest absolute Gasteiger partial charge is 0.488 e. The Hall–Kier alpha value is -1.03. The number of aromatic nitrogens is 2. The third-order valence-electron chi connectivity index (χ3n) is 4.22. The van der Waals surface area contributed by atoms with Crippen molar-refractivity contribution in [2.75, 3.05) is 6.61 Å². The van der Waals surface area contributed by atoms with Crippen molar-refractivity contribution in [3.8, 4) is 5.75 Å². The molecule has 3 rings (SSSR count). The number of hydrogen-bond acceptors (Lipinski definition) is 3. The maximum Gasteiger partial charge on any atom is 0.157 e. The van der Waals surface area contributed by atoms with Crippen LogP contribution in [0.2, 0.25) is 0 Å². The fraction of sp³-hybridized carbons (Fsp3) is 0.786. The Morgan fingerprint density at radius 3 is 3.00 bits per heavy atom. The molecule has 1 atom stereocenters. The molecule has 0 radical (unpaired) electrons. The first-order valence-corrected chi connectivity index (χ1v) is 7.13. The van der Waals surface area contributed by atoms with Gasteiger partial charge >= 0.3 is 0 Å². The summed E-state index contributed by atoms with van der Waals surface area (Å²) in [6.45, 7) is 3.62. The lowest BCUT2D eigenvalue weighted by molar-refractivity contribution is -0.0508. The molecule has 1 aliphatic heterocycles. The second-order valence-electron chi connectivity index (χ2n) is 5.51. The van der Waals surface area contributed by atoms with E-state index in [0.717, 1.165) is 18.7 Å². The van der Waals surface area contributed by atoms with Crippen LogP contribution in [0, 0.1) is 0 Å². The molecule has 0 amide bonds. The Morgan fingerprint density at radius 1 is 1.44 bits per heavy atom. The van der Waals surface area contributed by atoms with Crippen molar-refractivity contribution in [3.63, 3.8) is 0 Å². The molecule has 1 aliphatic carbocycles. The van der Waals surface area contributed by atoms with Gasteiger partial charge in [-0.3, -0.25) is 4.68 Å². The van der Waals surface area contributed by atoms with Gasteiger partial charge in [0.25, 0.3) is 0 Å². The van der Waals surface area contributed by atoms with E-state index in [9.17, 15) is 0 Å². The Morgan fingerprint density at radius 2 is 2.28 bits per heavy atom. The molecular formula is C14H22N2O2. The molecule has 2 fully saturated rings. The van der Waals surface area contributed by atoms with Gasteiger partial charge < -0.3 is 9.47 Å². The Balaban J connectivity index is 1.49. The minimum atomic E-state index is 0.210. The molecule has 0 aromatic carbocycles. The maximum atomic E-state index is 6.21. The van der Waals surface area contributed by atoms with Crippen LogP contribution in [-0.4, -0.2) is 28.1 Å². The molecule has 100 valence electrons. The topological polar surface area (TPSA) is 36.3 Å². The van der Waals surface area contributed by atoms with E-state index in [0.29, 0.717) is 6.61 Å². The van der Waals surface area contributed by atoms with Gasteiger partial charge in [0.2, 0.25) is 0 Å². The molecule has 1 saturated heterocycles. The van der Waals surface area contributed by atoms with Crippen LogP contribution in [0.1, 0.15) is 45.4 Å². The molecule has 4 heteroatoms. The molecule has 1 unspecified atom stereocenters. The zero-order valence-corrected chi connectivity index (χ0v) is 11.1. The van der Waals surface area contributed by atoms with E-state index in [-0.39, 0.29) is 11.7 Å². The zero-order chi connectivity index (χ0) is 12.4. The standard InChI is InChI=1S/C14H22N2O2/c1-2-16-10-13(9-15-16)17-11-12-5-8-14(18-12)6-3-4-7-14/h9-10,12H,2-8,11H2,1H3. The smallest absolute Gasteiger partial charge is 0.157 e. The summed E-state index contributed by atoms with van der Waals surface area (Å²) in [5.41, 5.74) is 0.210. The normalized spacial score (nSPS) is 25.9. The van der Waals surface area contributed by atoms with Crippen molar-refractivity contribution in [2.24, 2.45) is 0 Å². The fourth-order valence-corrected chi connectivity index (χ4v) is 3.18. The van der Waals surface area contributed by atoms with Crippen molar-refractivity contribution in [1.82, 2.24) is 9.78 Å². The maximum absolute atomic E-state index is 6.21. The molecule has 1 saturated carbocycles. The summed E-state index contributed by atoms with van der Waals surface area (Å²) in [6.07, 6.45) is 11.5. The Bertz CT molecular complexity index is 396. The highest BCUT2D eigenvalue weighted by Crippen LogP contribution is 2.43. The van der Waals surface area contributed by atoms with E-state index in [4.69, 9.17) is 9.47 Å². The fourth-order valence-electron chi connectivity index (χ4n) is 3.18. The lowest BCUT2D eigenvalue weighted by Crippen LogP contribution is -2.27.